The Hall–Kier alpha value is -2.44. The average Bonchev–Trinajstić information content (AvgIpc) is 3.41. The molecule has 0 atom stereocenters. The fraction of sp³-hybridized carbons (Fsp3) is 0.316. The first-order valence-corrected chi connectivity index (χ1v) is 8.87. The predicted molar refractivity (Wildman–Crippen MR) is 101 cm³/mol. The van der Waals surface area contributed by atoms with Crippen molar-refractivity contribution in [1.82, 2.24) is 15.2 Å². The van der Waals surface area contributed by atoms with E-state index >= 15 is 0 Å². The van der Waals surface area contributed by atoms with Crippen LogP contribution in [0, 0.1) is 0 Å². The molecule has 136 valence electrons. The van der Waals surface area contributed by atoms with Crippen LogP contribution in [-0.2, 0) is 11.3 Å². The molecule has 1 heterocycles. The number of rotatable bonds is 7. The van der Waals surface area contributed by atoms with Gasteiger partial charge in [-0.3, -0.25) is 14.5 Å². The van der Waals surface area contributed by atoms with Crippen molar-refractivity contribution in [2.24, 2.45) is 0 Å². The standard InChI is InChI=1S/C19H21ClN4O2/c1-24(12-18(25)23-17-9-6-15(20)10-21-17)11-13-2-4-14(5-3-13)19(26)22-16-7-8-16/h2-6,9-10,16H,7-8,11-12H2,1H3,(H,22,26)(H,21,23,25). The lowest BCUT2D eigenvalue weighted by Crippen LogP contribution is -2.30. The van der Waals surface area contributed by atoms with Crippen LogP contribution in [0.5, 0.6) is 0 Å². The molecule has 1 aliphatic rings. The second-order valence-corrected chi connectivity index (χ2v) is 6.96. The summed E-state index contributed by atoms with van der Waals surface area (Å²) in [5.41, 5.74) is 1.70. The Morgan fingerprint density at radius 3 is 2.54 bits per heavy atom. The fourth-order valence-corrected chi connectivity index (χ4v) is 2.61. The molecule has 0 radical (unpaired) electrons. The van der Waals surface area contributed by atoms with Crippen LogP contribution in [0.1, 0.15) is 28.8 Å². The predicted octanol–water partition coefficient (Wildman–Crippen LogP) is 2.70. The normalized spacial score (nSPS) is 13.5. The summed E-state index contributed by atoms with van der Waals surface area (Å²) in [6.07, 6.45) is 3.63. The first kappa shape index (κ1) is 18.4. The van der Waals surface area contributed by atoms with Crippen LogP contribution in [0.2, 0.25) is 5.02 Å². The zero-order valence-electron chi connectivity index (χ0n) is 14.5. The van der Waals surface area contributed by atoms with Gasteiger partial charge in [0.2, 0.25) is 5.91 Å². The highest BCUT2D eigenvalue weighted by molar-refractivity contribution is 6.30. The molecule has 1 aliphatic carbocycles. The summed E-state index contributed by atoms with van der Waals surface area (Å²) in [7, 11) is 1.86. The number of halogens is 1. The van der Waals surface area contributed by atoms with Crippen LogP contribution >= 0.6 is 11.6 Å². The molecule has 2 aromatic rings. The Kier molecular flexibility index (Phi) is 5.85. The molecule has 1 fully saturated rings. The smallest absolute Gasteiger partial charge is 0.251 e. The van der Waals surface area contributed by atoms with Gasteiger partial charge in [0.15, 0.2) is 0 Å². The number of amides is 2. The van der Waals surface area contributed by atoms with Crippen molar-refractivity contribution in [2.45, 2.75) is 25.4 Å². The highest BCUT2D eigenvalue weighted by Gasteiger charge is 2.23. The molecule has 26 heavy (non-hydrogen) atoms. The summed E-state index contributed by atoms with van der Waals surface area (Å²) in [5, 5.41) is 6.22. The topological polar surface area (TPSA) is 74.3 Å². The number of pyridine rings is 1. The molecule has 6 nitrogen and oxygen atoms in total. The first-order valence-electron chi connectivity index (χ1n) is 8.49. The molecule has 2 N–H and O–H groups in total. The molecule has 0 aliphatic heterocycles. The molecule has 0 unspecified atom stereocenters. The molecule has 0 bridgehead atoms. The Morgan fingerprint density at radius 1 is 1.19 bits per heavy atom. The molecule has 3 rings (SSSR count). The van der Waals surface area contributed by atoms with E-state index in [9.17, 15) is 9.59 Å². The maximum absolute atomic E-state index is 12.1. The summed E-state index contributed by atoms with van der Waals surface area (Å²) in [5.74, 6) is 0.295. The molecule has 1 saturated carbocycles. The van der Waals surface area contributed by atoms with Crippen LogP contribution in [0.25, 0.3) is 0 Å². The van der Waals surface area contributed by atoms with Gasteiger partial charge >= 0.3 is 0 Å². The number of hydrogen-bond acceptors (Lipinski definition) is 4. The number of nitrogens with one attached hydrogen (secondary N) is 2. The maximum Gasteiger partial charge on any atom is 0.251 e. The van der Waals surface area contributed by atoms with E-state index in [4.69, 9.17) is 11.6 Å². The molecule has 7 heteroatoms. The second-order valence-electron chi connectivity index (χ2n) is 6.53. The van der Waals surface area contributed by atoms with Crippen molar-refractivity contribution in [2.75, 3.05) is 18.9 Å². The molecular weight excluding hydrogens is 352 g/mol. The van der Waals surface area contributed by atoms with Gasteiger partial charge in [-0.15, -0.1) is 0 Å². The Morgan fingerprint density at radius 2 is 1.92 bits per heavy atom. The minimum Gasteiger partial charge on any atom is -0.349 e. The van der Waals surface area contributed by atoms with Crippen molar-refractivity contribution in [3.8, 4) is 0 Å². The Labute approximate surface area is 157 Å². The number of likely N-dealkylation sites (N-methyl/N-ethyl adjacent to an activating group) is 1. The van der Waals surface area contributed by atoms with Gasteiger partial charge in [-0.1, -0.05) is 23.7 Å². The summed E-state index contributed by atoms with van der Waals surface area (Å²) >= 11 is 5.77. The largest absolute Gasteiger partial charge is 0.349 e. The van der Waals surface area contributed by atoms with Crippen molar-refractivity contribution in [3.63, 3.8) is 0 Å². The van der Waals surface area contributed by atoms with Gasteiger partial charge in [0, 0.05) is 24.3 Å². The lowest BCUT2D eigenvalue weighted by Gasteiger charge is -2.16. The Bertz CT molecular complexity index is 773. The van der Waals surface area contributed by atoms with Gasteiger partial charge in [-0.2, -0.15) is 0 Å². The van der Waals surface area contributed by atoms with Gasteiger partial charge in [0.05, 0.1) is 11.6 Å². The van der Waals surface area contributed by atoms with E-state index in [0.29, 0.717) is 29.0 Å². The molecule has 1 aromatic heterocycles. The highest BCUT2D eigenvalue weighted by atomic mass is 35.5. The van der Waals surface area contributed by atoms with Gasteiger partial charge < -0.3 is 10.6 Å². The SMILES string of the molecule is CN(CC(=O)Nc1ccc(Cl)cn1)Cc1ccc(C(=O)NC2CC2)cc1. The van der Waals surface area contributed by atoms with E-state index in [0.717, 1.165) is 18.4 Å². The third-order valence-electron chi connectivity index (χ3n) is 3.99. The van der Waals surface area contributed by atoms with Crippen molar-refractivity contribution >= 4 is 29.2 Å². The lowest BCUT2D eigenvalue weighted by molar-refractivity contribution is -0.117. The van der Waals surface area contributed by atoms with Crippen molar-refractivity contribution in [3.05, 3.63) is 58.7 Å². The van der Waals surface area contributed by atoms with Crippen molar-refractivity contribution < 1.29 is 9.59 Å². The number of nitrogens with zero attached hydrogens (tertiary/aromatic N) is 2. The monoisotopic (exact) mass is 372 g/mol. The van der Waals surface area contributed by atoms with E-state index in [2.05, 4.69) is 15.6 Å². The quantitative estimate of drug-likeness (QED) is 0.783. The summed E-state index contributed by atoms with van der Waals surface area (Å²) in [6, 6.07) is 11.1. The summed E-state index contributed by atoms with van der Waals surface area (Å²) < 4.78 is 0. The van der Waals surface area contributed by atoms with Crippen LogP contribution in [0.15, 0.2) is 42.6 Å². The number of hydrogen-bond donors (Lipinski definition) is 2. The highest BCUT2D eigenvalue weighted by Crippen LogP contribution is 2.19. The van der Waals surface area contributed by atoms with Gasteiger partial charge in [-0.05, 0) is 49.7 Å². The van der Waals surface area contributed by atoms with Gasteiger partial charge in [0.25, 0.3) is 5.91 Å². The number of aromatic nitrogens is 1. The minimum atomic E-state index is -0.150. The third kappa shape index (κ3) is 5.54. The number of carbonyl (C=O) groups excluding carboxylic acids is 2. The van der Waals surface area contributed by atoms with E-state index in [1.807, 2.05) is 36.2 Å². The Balaban J connectivity index is 1.47. The van der Waals surface area contributed by atoms with E-state index in [1.54, 1.807) is 12.1 Å². The van der Waals surface area contributed by atoms with Crippen LogP contribution in [-0.4, -0.2) is 41.3 Å². The lowest BCUT2D eigenvalue weighted by atomic mass is 10.1. The van der Waals surface area contributed by atoms with E-state index in [-0.39, 0.29) is 18.4 Å². The van der Waals surface area contributed by atoms with Crippen molar-refractivity contribution in [1.29, 1.82) is 0 Å². The van der Waals surface area contributed by atoms with Gasteiger partial charge in [-0.25, -0.2) is 4.98 Å². The number of carbonyl (C=O) groups is 2. The van der Waals surface area contributed by atoms with Crippen LogP contribution in [0.3, 0.4) is 0 Å². The molecule has 0 spiro atoms. The summed E-state index contributed by atoms with van der Waals surface area (Å²) in [6.45, 7) is 0.834. The van der Waals surface area contributed by atoms with E-state index < -0.39 is 0 Å². The fourth-order valence-electron chi connectivity index (χ4n) is 2.50. The number of benzene rings is 1. The average molecular weight is 373 g/mol. The zero-order chi connectivity index (χ0) is 18.5. The summed E-state index contributed by atoms with van der Waals surface area (Å²) in [4.78, 5) is 30.0. The minimum absolute atomic E-state index is 0.0257. The van der Waals surface area contributed by atoms with Crippen LogP contribution < -0.4 is 10.6 Å². The van der Waals surface area contributed by atoms with Gasteiger partial charge in [0.1, 0.15) is 5.82 Å². The molecular formula is C19H21ClN4O2. The molecule has 1 aromatic carbocycles. The second kappa shape index (κ2) is 8.29. The molecule has 0 saturated heterocycles. The molecule has 2 amide bonds. The van der Waals surface area contributed by atoms with Crippen LogP contribution in [0.4, 0.5) is 5.82 Å². The number of anilines is 1. The first-order chi connectivity index (χ1) is 12.5. The third-order valence-corrected chi connectivity index (χ3v) is 4.21. The van der Waals surface area contributed by atoms with E-state index in [1.165, 1.54) is 6.20 Å². The maximum atomic E-state index is 12.1. The zero-order valence-corrected chi connectivity index (χ0v) is 15.3.